The highest BCUT2D eigenvalue weighted by molar-refractivity contribution is 5.54. The second-order valence-corrected chi connectivity index (χ2v) is 4.19. The van der Waals surface area contributed by atoms with E-state index < -0.39 is 0 Å². The van der Waals surface area contributed by atoms with Crippen LogP contribution < -0.4 is 0 Å². The molecule has 1 fully saturated rings. The zero-order valence-corrected chi connectivity index (χ0v) is 8.92. The van der Waals surface area contributed by atoms with Crippen LogP contribution in [0.25, 0.3) is 6.08 Å². The third-order valence-corrected chi connectivity index (χ3v) is 2.96. The minimum Gasteiger partial charge on any atom is -0.0985 e. The van der Waals surface area contributed by atoms with Gasteiger partial charge in [0.2, 0.25) is 0 Å². The third kappa shape index (κ3) is 1.89. The van der Waals surface area contributed by atoms with Gasteiger partial charge in [-0.3, -0.25) is 0 Å². The van der Waals surface area contributed by atoms with Crippen molar-refractivity contribution < 1.29 is 0 Å². The van der Waals surface area contributed by atoms with Crippen LogP contribution in [0.1, 0.15) is 48.8 Å². The van der Waals surface area contributed by atoms with Gasteiger partial charge < -0.3 is 0 Å². The van der Waals surface area contributed by atoms with Gasteiger partial charge in [-0.05, 0) is 41.9 Å². The smallest absolute Gasteiger partial charge is 0.0161 e. The maximum Gasteiger partial charge on any atom is -0.0161 e. The van der Waals surface area contributed by atoms with E-state index in [2.05, 4.69) is 31.7 Å². The third-order valence-electron chi connectivity index (χ3n) is 2.96. The first-order valence-corrected chi connectivity index (χ1v) is 5.60. The topological polar surface area (TPSA) is 0 Å². The van der Waals surface area contributed by atoms with Crippen LogP contribution in [-0.4, -0.2) is 0 Å². The lowest BCUT2D eigenvalue weighted by atomic mass is 9.98. The molecule has 14 heavy (non-hydrogen) atoms. The lowest BCUT2D eigenvalue weighted by Crippen LogP contribution is -1.90. The van der Waals surface area contributed by atoms with Crippen molar-refractivity contribution in [2.24, 2.45) is 0 Å². The van der Waals surface area contributed by atoms with Crippen LogP contribution >= 0.6 is 0 Å². The van der Waals surface area contributed by atoms with Crippen LogP contribution in [0.3, 0.4) is 0 Å². The molecule has 1 aromatic carbocycles. The summed E-state index contributed by atoms with van der Waals surface area (Å²) in [6, 6.07) is 6.92. The Hall–Kier alpha value is -1.04. The summed E-state index contributed by atoms with van der Waals surface area (Å²) in [6.45, 7) is 6.12. The molecule has 1 aliphatic carbocycles. The SMILES string of the molecule is C=Cc1cc(C2CC2)ccc1CCC. The number of hydrogen-bond donors (Lipinski definition) is 0. The summed E-state index contributed by atoms with van der Waals surface area (Å²) >= 11 is 0. The maximum absolute atomic E-state index is 3.89. The number of rotatable bonds is 4. The van der Waals surface area contributed by atoms with Crippen LogP contribution in [-0.2, 0) is 6.42 Å². The summed E-state index contributed by atoms with van der Waals surface area (Å²) < 4.78 is 0. The minimum atomic E-state index is 0.851. The number of aryl methyl sites for hydroxylation is 1. The molecule has 2 rings (SSSR count). The van der Waals surface area contributed by atoms with Crippen molar-refractivity contribution in [2.75, 3.05) is 0 Å². The van der Waals surface area contributed by atoms with Crippen LogP contribution in [0, 0.1) is 0 Å². The zero-order valence-electron chi connectivity index (χ0n) is 8.92. The molecule has 0 bridgehead atoms. The van der Waals surface area contributed by atoms with Crippen molar-refractivity contribution in [3.05, 3.63) is 41.5 Å². The summed E-state index contributed by atoms with van der Waals surface area (Å²) in [7, 11) is 0. The Bertz CT molecular complexity index is 332. The fourth-order valence-corrected chi connectivity index (χ4v) is 1.97. The van der Waals surface area contributed by atoms with E-state index in [1.807, 2.05) is 6.08 Å². The Labute approximate surface area is 86.7 Å². The molecule has 74 valence electrons. The monoisotopic (exact) mass is 186 g/mol. The highest BCUT2D eigenvalue weighted by Gasteiger charge is 2.23. The molecule has 0 N–H and O–H groups in total. The first-order valence-electron chi connectivity index (χ1n) is 5.60. The molecule has 0 aromatic heterocycles. The standard InChI is InChI=1S/C14H18/c1-3-5-12-8-9-14(13-6-7-13)10-11(12)4-2/h4,8-10,13H,2-3,5-7H2,1H3. The molecule has 0 amide bonds. The lowest BCUT2D eigenvalue weighted by Gasteiger charge is -2.07. The van der Waals surface area contributed by atoms with Crippen LogP contribution in [0.15, 0.2) is 24.8 Å². The van der Waals surface area contributed by atoms with Gasteiger partial charge in [0, 0.05) is 0 Å². The summed E-state index contributed by atoms with van der Waals surface area (Å²) in [5, 5.41) is 0. The fraction of sp³-hybridized carbons (Fsp3) is 0.429. The largest absolute Gasteiger partial charge is 0.0985 e. The van der Waals surface area contributed by atoms with Crippen molar-refractivity contribution in [1.82, 2.24) is 0 Å². The number of benzene rings is 1. The normalized spacial score (nSPS) is 15.5. The second-order valence-electron chi connectivity index (χ2n) is 4.19. The van der Waals surface area contributed by atoms with Gasteiger partial charge >= 0.3 is 0 Å². The van der Waals surface area contributed by atoms with E-state index in [1.54, 1.807) is 0 Å². The van der Waals surface area contributed by atoms with Gasteiger partial charge in [0.1, 0.15) is 0 Å². The molecular formula is C14H18. The Morgan fingerprint density at radius 2 is 2.21 bits per heavy atom. The van der Waals surface area contributed by atoms with E-state index in [9.17, 15) is 0 Å². The van der Waals surface area contributed by atoms with E-state index >= 15 is 0 Å². The van der Waals surface area contributed by atoms with Gasteiger partial charge in [0.05, 0.1) is 0 Å². The Morgan fingerprint density at radius 3 is 2.79 bits per heavy atom. The lowest BCUT2D eigenvalue weighted by molar-refractivity contribution is 0.917. The predicted octanol–water partition coefficient (Wildman–Crippen LogP) is 4.16. The quantitative estimate of drug-likeness (QED) is 0.662. The molecule has 0 spiro atoms. The highest BCUT2D eigenvalue weighted by atomic mass is 14.3. The summed E-state index contributed by atoms with van der Waals surface area (Å²) in [5.41, 5.74) is 4.31. The van der Waals surface area contributed by atoms with Gasteiger partial charge in [0.15, 0.2) is 0 Å². The van der Waals surface area contributed by atoms with Crippen molar-refractivity contribution >= 4 is 6.08 Å². The van der Waals surface area contributed by atoms with E-state index in [4.69, 9.17) is 0 Å². The average Bonchev–Trinajstić information content (AvgIpc) is 3.02. The molecule has 0 heterocycles. The molecule has 0 radical (unpaired) electrons. The molecule has 0 atom stereocenters. The van der Waals surface area contributed by atoms with E-state index in [1.165, 1.54) is 42.4 Å². The highest BCUT2D eigenvalue weighted by Crippen LogP contribution is 2.40. The predicted molar refractivity (Wildman–Crippen MR) is 62.5 cm³/mol. The van der Waals surface area contributed by atoms with E-state index in [0.717, 1.165) is 5.92 Å². The zero-order chi connectivity index (χ0) is 9.97. The van der Waals surface area contributed by atoms with Crippen LogP contribution in [0.4, 0.5) is 0 Å². The van der Waals surface area contributed by atoms with Crippen LogP contribution in [0.2, 0.25) is 0 Å². The van der Waals surface area contributed by atoms with Gasteiger partial charge in [-0.2, -0.15) is 0 Å². The molecule has 0 unspecified atom stereocenters. The van der Waals surface area contributed by atoms with E-state index in [-0.39, 0.29) is 0 Å². The molecule has 1 saturated carbocycles. The molecule has 0 nitrogen and oxygen atoms in total. The summed E-state index contributed by atoms with van der Waals surface area (Å²) in [5.74, 6) is 0.851. The van der Waals surface area contributed by atoms with Crippen molar-refractivity contribution in [1.29, 1.82) is 0 Å². The van der Waals surface area contributed by atoms with E-state index in [0.29, 0.717) is 0 Å². The summed E-state index contributed by atoms with van der Waals surface area (Å²) in [6.07, 6.45) is 7.14. The molecule has 0 aliphatic heterocycles. The molecule has 0 saturated heterocycles. The van der Waals surface area contributed by atoms with Crippen LogP contribution in [0.5, 0.6) is 0 Å². The molecular weight excluding hydrogens is 168 g/mol. The van der Waals surface area contributed by atoms with Gasteiger partial charge in [-0.1, -0.05) is 44.2 Å². The molecule has 1 aromatic rings. The fourth-order valence-electron chi connectivity index (χ4n) is 1.97. The first kappa shape index (κ1) is 9.51. The van der Waals surface area contributed by atoms with Gasteiger partial charge in [0.25, 0.3) is 0 Å². The van der Waals surface area contributed by atoms with Crippen molar-refractivity contribution in [2.45, 2.75) is 38.5 Å². The Morgan fingerprint density at radius 1 is 1.43 bits per heavy atom. The second kappa shape index (κ2) is 4.00. The van der Waals surface area contributed by atoms with Gasteiger partial charge in [-0.15, -0.1) is 0 Å². The Kier molecular flexibility index (Phi) is 2.72. The molecule has 0 heteroatoms. The summed E-state index contributed by atoms with van der Waals surface area (Å²) in [4.78, 5) is 0. The molecule has 1 aliphatic rings. The minimum absolute atomic E-state index is 0.851. The Balaban J connectivity index is 2.28. The van der Waals surface area contributed by atoms with Gasteiger partial charge in [-0.25, -0.2) is 0 Å². The average molecular weight is 186 g/mol. The van der Waals surface area contributed by atoms with Crippen molar-refractivity contribution in [3.63, 3.8) is 0 Å². The maximum atomic E-state index is 3.89. The first-order chi connectivity index (χ1) is 6.85. The number of hydrogen-bond acceptors (Lipinski definition) is 0. The van der Waals surface area contributed by atoms with Crippen molar-refractivity contribution in [3.8, 4) is 0 Å².